The fourth-order valence-electron chi connectivity index (χ4n) is 2.80. The molecule has 1 fully saturated rings. The van der Waals surface area contributed by atoms with Crippen LogP contribution in [0.4, 0.5) is 4.39 Å². The van der Waals surface area contributed by atoms with E-state index in [1.54, 1.807) is 6.07 Å². The Morgan fingerprint density at radius 3 is 3.05 bits per heavy atom. The van der Waals surface area contributed by atoms with Crippen molar-refractivity contribution in [1.29, 1.82) is 0 Å². The molecule has 0 bridgehead atoms. The smallest absolute Gasteiger partial charge is 0.142 e. The predicted octanol–water partition coefficient (Wildman–Crippen LogP) is 3.44. The van der Waals surface area contributed by atoms with E-state index in [1.807, 2.05) is 13.1 Å². The molecule has 1 saturated heterocycles. The van der Waals surface area contributed by atoms with E-state index in [1.165, 1.54) is 25.3 Å². The standard InChI is InChI=1S/C15H22ClFN2/c1-18-9-8-13-6-2-3-10-19(13)11-12-5-4-7-14(17)15(12)16/h4-5,7,13,18H,2-3,6,8-11H2,1H3. The Morgan fingerprint density at radius 2 is 2.26 bits per heavy atom. The van der Waals surface area contributed by atoms with E-state index in [0.717, 1.165) is 31.6 Å². The minimum absolute atomic E-state index is 0.278. The highest BCUT2D eigenvalue weighted by atomic mass is 35.5. The van der Waals surface area contributed by atoms with Crippen molar-refractivity contribution in [3.8, 4) is 0 Å². The summed E-state index contributed by atoms with van der Waals surface area (Å²) >= 11 is 6.05. The number of hydrogen-bond donors (Lipinski definition) is 1. The van der Waals surface area contributed by atoms with Crippen LogP contribution in [0.3, 0.4) is 0 Å². The first-order chi connectivity index (χ1) is 9.22. The van der Waals surface area contributed by atoms with Gasteiger partial charge in [0.05, 0.1) is 5.02 Å². The van der Waals surface area contributed by atoms with Gasteiger partial charge in [-0.3, -0.25) is 4.90 Å². The second-order valence-electron chi connectivity index (χ2n) is 5.23. The molecule has 1 atom stereocenters. The normalized spacial score (nSPS) is 20.7. The van der Waals surface area contributed by atoms with E-state index in [-0.39, 0.29) is 10.8 Å². The number of rotatable bonds is 5. The van der Waals surface area contributed by atoms with Gasteiger partial charge in [-0.1, -0.05) is 30.2 Å². The summed E-state index contributed by atoms with van der Waals surface area (Å²) < 4.78 is 13.5. The molecule has 1 aromatic rings. The lowest BCUT2D eigenvalue weighted by molar-refractivity contribution is 0.132. The van der Waals surface area contributed by atoms with E-state index < -0.39 is 0 Å². The molecule has 0 amide bonds. The van der Waals surface area contributed by atoms with Gasteiger partial charge in [0.15, 0.2) is 0 Å². The maximum Gasteiger partial charge on any atom is 0.142 e. The highest BCUT2D eigenvalue weighted by Gasteiger charge is 2.22. The molecule has 1 aromatic carbocycles. The van der Waals surface area contributed by atoms with Crippen molar-refractivity contribution in [2.75, 3.05) is 20.1 Å². The predicted molar refractivity (Wildman–Crippen MR) is 78.0 cm³/mol. The van der Waals surface area contributed by atoms with Crippen LogP contribution in [0.15, 0.2) is 18.2 Å². The van der Waals surface area contributed by atoms with Crippen molar-refractivity contribution in [3.05, 3.63) is 34.6 Å². The molecule has 1 aliphatic rings. The number of hydrogen-bond acceptors (Lipinski definition) is 2. The van der Waals surface area contributed by atoms with Crippen LogP contribution in [0.2, 0.25) is 5.02 Å². The fraction of sp³-hybridized carbons (Fsp3) is 0.600. The molecule has 0 saturated carbocycles. The molecule has 0 aliphatic carbocycles. The van der Waals surface area contributed by atoms with Gasteiger partial charge in [-0.15, -0.1) is 0 Å². The van der Waals surface area contributed by atoms with Crippen molar-refractivity contribution in [2.45, 2.75) is 38.3 Å². The number of benzene rings is 1. The lowest BCUT2D eigenvalue weighted by Crippen LogP contribution is -2.40. The molecule has 106 valence electrons. The van der Waals surface area contributed by atoms with Crippen LogP contribution in [0.1, 0.15) is 31.2 Å². The molecule has 0 aromatic heterocycles. The average Bonchev–Trinajstić information content (AvgIpc) is 2.43. The number of likely N-dealkylation sites (tertiary alicyclic amines) is 1. The minimum atomic E-state index is -0.317. The van der Waals surface area contributed by atoms with Gasteiger partial charge in [0.1, 0.15) is 5.82 Å². The average molecular weight is 285 g/mol. The maximum absolute atomic E-state index is 13.5. The molecule has 1 N–H and O–H groups in total. The van der Waals surface area contributed by atoms with E-state index >= 15 is 0 Å². The zero-order valence-electron chi connectivity index (χ0n) is 11.5. The molecule has 2 nitrogen and oxygen atoms in total. The SMILES string of the molecule is CNCCC1CCCCN1Cc1cccc(F)c1Cl. The topological polar surface area (TPSA) is 15.3 Å². The van der Waals surface area contributed by atoms with Crippen LogP contribution in [0, 0.1) is 5.82 Å². The minimum Gasteiger partial charge on any atom is -0.320 e. The quantitative estimate of drug-likeness (QED) is 0.891. The Labute approximate surface area is 119 Å². The summed E-state index contributed by atoms with van der Waals surface area (Å²) in [4.78, 5) is 2.45. The van der Waals surface area contributed by atoms with Crippen LogP contribution in [-0.4, -0.2) is 31.1 Å². The van der Waals surface area contributed by atoms with Crippen LogP contribution < -0.4 is 5.32 Å². The first kappa shape index (κ1) is 14.8. The zero-order valence-corrected chi connectivity index (χ0v) is 12.2. The Balaban J connectivity index is 2.04. The van der Waals surface area contributed by atoms with Crippen LogP contribution in [0.25, 0.3) is 0 Å². The Hall–Kier alpha value is -0.640. The first-order valence-corrected chi connectivity index (χ1v) is 7.41. The molecule has 2 rings (SSSR count). The summed E-state index contributed by atoms with van der Waals surface area (Å²) in [6.07, 6.45) is 4.89. The molecule has 1 aliphatic heterocycles. The van der Waals surface area contributed by atoms with Gasteiger partial charge in [-0.25, -0.2) is 4.39 Å². The Bertz CT molecular complexity index is 411. The highest BCUT2D eigenvalue weighted by molar-refractivity contribution is 6.31. The molecule has 4 heteroatoms. The molecule has 0 radical (unpaired) electrons. The number of nitrogens with zero attached hydrogens (tertiary/aromatic N) is 1. The van der Waals surface area contributed by atoms with Gasteiger partial charge in [-0.2, -0.15) is 0 Å². The monoisotopic (exact) mass is 284 g/mol. The summed E-state index contributed by atoms with van der Waals surface area (Å²) in [7, 11) is 1.98. The van der Waals surface area contributed by atoms with Crippen LogP contribution in [-0.2, 0) is 6.54 Å². The summed E-state index contributed by atoms with van der Waals surface area (Å²) in [5, 5.41) is 3.49. The van der Waals surface area contributed by atoms with E-state index in [4.69, 9.17) is 11.6 Å². The third kappa shape index (κ3) is 3.91. The van der Waals surface area contributed by atoms with Gasteiger partial charge < -0.3 is 5.32 Å². The first-order valence-electron chi connectivity index (χ1n) is 7.04. The fourth-order valence-corrected chi connectivity index (χ4v) is 2.98. The van der Waals surface area contributed by atoms with E-state index in [0.29, 0.717) is 6.04 Å². The molecule has 1 unspecified atom stereocenters. The summed E-state index contributed by atoms with van der Waals surface area (Å²) in [6, 6.07) is 5.67. The molecule has 1 heterocycles. The maximum atomic E-state index is 13.5. The highest BCUT2D eigenvalue weighted by Crippen LogP contribution is 2.26. The van der Waals surface area contributed by atoms with Gasteiger partial charge >= 0.3 is 0 Å². The van der Waals surface area contributed by atoms with Crippen LogP contribution >= 0.6 is 11.6 Å². The van der Waals surface area contributed by atoms with Gasteiger partial charge in [0.25, 0.3) is 0 Å². The van der Waals surface area contributed by atoms with Crippen molar-refractivity contribution in [3.63, 3.8) is 0 Å². The second kappa shape index (κ2) is 7.22. The third-order valence-electron chi connectivity index (χ3n) is 3.88. The summed E-state index contributed by atoms with van der Waals surface area (Å²) in [5.41, 5.74) is 0.901. The van der Waals surface area contributed by atoms with Gasteiger partial charge in [0.2, 0.25) is 0 Å². The Kier molecular flexibility index (Phi) is 5.61. The summed E-state index contributed by atoms with van der Waals surface area (Å²) in [5.74, 6) is -0.317. The van der Waals surface area contributed by atoms with Crippen LogP contribution in [0.5, 0.6) is 0 Å². The number of halogens is 2. The zero-order chi connectivity index (χ0) is 13.7. The summed E-state index contributed by atoms with van der Waals surface area (Å²) in [6.45, 7) is 2.87. The van der Waals surface area contributed by atoms with Crippen molar-refractivity contribution in [1.82, 2.24) is 10.2 Å². The molecular formula is C15H22ClFN2. The third-order valence-corrected chi connectivity index (χ3v) is 4.30. The molecular weight excluding hydrogens is 263 g/mol. The molecule has 19 heavy (non-hydrogen) atoms. The van der Waals surface area contributed by atoms with E-state index in [2.05, 4.69) is 10.2 Å². The van der Waals surface area contributed by atoms with Crippen molar-refractivity contribution in [2.24, 2.45) is 0 Å². The van der Waals surface area contributed by atoms with Gasteiger partial charge in [-0.05, 0) is 51.0 Å². The number of nitrogens with one attached hydrogen (secondary N) is 1. The number of piperidine rings is 1. The van der Waals surface area contributed by atoms with E-state index in [9.17, 15) is 4.39 Å². The lowest BCUT2D eigenvalue weighted by atomic mass is 9.98. The Morgan fingerprint density at radius 1 is 1.42 bits per heavy atom. The van der Waals surface area contributed by atoms with Gasteiger partial charge in [0, 0.05) is 12.6 Å². The van der Waals surface area contributed by atoms with Crippen molar-refractivity contribution >= 4 is 11.6 Å². The second-order valence-corrected chi connectivity index (χ2v) is 5.60. The molecule has 0 spiro atoms. The lowest BCUT2D eigenvalue weighted by Gasteiger charge is -2.36. The van der Waals surface area contributed by atoms with Crippen molar-refractivity contribution < 1.29 is 4.39 Å². The largest absolute Gasteiger partial charge is 0.320 e.